The molecule has 2 aromatic heterocycles. The molecule has 0 aliphatic carbocycles. The van der Waals surface area contributed by atoms with Crippen molar-refractivity contribution in [3.63, 3.8) is 0 Å². The van der Waals surface area contributed by atoms with E-state index in [1.807, 2.05) is 29.5 Å². The average Bonchev–Trinajstić information content (AvgIpc) is 3.16. The van der Waals surface area contributed by atoms with Crippen LogP contribution in [0.4, 0.5) is 5.69 Å². The molecule has 0 saturated heterocycles. The molecule has 1 unspecified atom stereocenters. The molecule has 1 N–H and O–H groups in total. The minimum atomic E-state index is -0.432. The van der Waals surface area contributed by atoms with E-state index in [1.54, 1.807) is 41.8 Å². The third-order valence-corrected chi connectivity index (χ3v) is 5.98. The van der Waals surface area contributed by atoms with Gasteiger partial charge in [-0.3, -0.25) is 18.6 Å². The molecule has 0 aliphatic heterocycles. The zero-order valence-corrected chi connectivity index (χ0v) is 18.1. The summed E-state index contributed by atoms with van der Waals surface area (Å²) in [5, 5.41) is 12.8. The lowest BCUT2D eigenvalue weighted by Gasteiger charge is -2.13. The van der Waals surface area contributed by atoms with Gasteiger partial charge in [0.05, 0.1) is 16.2 Å². The lowest BCUT2D eigenvalue weighted by atomic mass is 10.2. The van der Waals surface area contributed by atoms with Gasteiger partial charge >= 0.3 is 0 Å². The van der Waals surface area contributed by atoms with Crippen molar-refractivity contribution in [2.45, 2.75) is 37.2 Å². The molecule has 7 nitrogen and oxygen atoms in total. The molecular weight excluding hydrogens is 422 g/mol. The van der Waals surface area contributed by atoms with Crippen molar-refractivity contribution in [1.29, 1.82) is 0 Å². The number of benzene rings is 2. The normalized spacial score (nSPS) is 12.4. The summed E-state index contributed by atoms with van der Waals surface area (Å²) in [6.45, 7) is 4.36. The van der Waals surface area contributed by atoms with Crippen LogP contribution < -0.4 is 10.9 Å². The fourth-order valence-corrected chi connectivity index (χ4v) is 4.21. The molecule has 9 heteroatoms. The summed E-state index contributed by atoms with van der Waals surface area (Å²) < 4.78 is 3.49. The third kappa shape index (κ3) is 3.80. The number of carbonyl (C=O) groups is 1. The van der Waals surface area contributed by atoms with Gasteiger partial charge in [0.25, 0.3) is 5.56 Å². The van der Waals surface area contributed by atoms with Crippen LogP contribution in [0.1, 0.15) is 20.3 Å². The Morgan fingerprint density at radius 2 is 1.90 bits per heavy atom. The predicted octanol–water partition coefficient (Wildman–Crippen LogP) is 4.23. The molecule has 154 valence electrons. The van der Waals surface area contributed by atoms with Crippen molar-refractivity contribution in [2.24, 2.45) is 0 Å². The summed E-state index contributed by atoms with van der Waals surface area (Å²) in [4.78, 5) is 25.6. The molecule has 0 aliphatic rings. The van der Waals surface area contributed by atoms with E-state index in [9.17, 15) is 9.59 Å². The van der Waals surface area contributed by atoms with Crippen LogP contribution in [0.5, 0.6) is 0 Å². The third-order valence-electron chi connectivity index (χ3n) is 4.69. The number of nitrogens with zero attached hydrogens (tertiary/aromatic N) is 4. The zero-order valence-electron chi connectivity index (χ0n) is 16.5. The van der Waals surface area contributed by atoms with Crippen LogP contribution in [0.25, 0.3) is 16.7 Å². The molecule has 0 saturated carbocycles. The maximum Gasteiger partial charge on any atom is 0.262 e. The number of halogens is 1. The van der Waals surface area contributed by atoms with Crippen molar-refractivity contribution < 1.29 is 4.79 Å². The molecular formula is C21H20ClN5O2S. The molecule has 0 bridgehead atoms. The summed E-state index contributed by atoms with van der Waals surface area (Å²) in [6, 6.07) is 14.3. The largest absolute Gasteiger partial charge is 0.325 e. The van der Waals surface area contributed by atoms with Crippen LogP contribution in [0.2, 0.25) is 5.02 Å². The van der Waals surface area contributed by atoms with Gasteiger partial charge in [-0.15, -0.1) is 10.2 Å². The van der Waals surface area contributed by atoms with Crippen LogP contribution in [-0.2, 0) is 11.3 Å². The van der Waals surface area contributed by atoms with Gasteiger partial charge in [0.1, 0.15) is 0 Å². The van der Waals surface area contributed by atoms with Gasteiger partial charge in [-0.05, 0) is 49.7 Å². The van der Waals surface area contributed by atoms with Gasteiger partial charge in [0.2, 0.25) is 11.7 Å². The summed E-state index contributed by atoms with van der Waals surface area (Å²) >= 11 is 7.19. The second-order valence-corrected chi connectivity index (χ2v) is 8.59. The first kappa shape index (κ1) is 20.4. The van der Waals surface area contributed by atoms with Gasteiger partial charge in [-0.2, -0.15) is 0 Å². The molecule has 4 aromatic rings. The van der Waals surface area contributed by atoms with Crippen molar-refractivity contribution in [1.82, 2.24) is 19.2 Å². The van der Waals surface area contributed by atoms with Crippen molar-refractivity contribution >= 4 is 51.6 Å². The highest BCUT2D eigenvalue weighted by Gasteiger charge is 2.21. The van der Waals surface area contributed by atoms with E-state index in [0.29, 0.717) is 33.6 Å². The number of amides is 1. The summed E-state index contributed by atoms with van der Waals surface area (Å²) in [6.07, 6.45) is 0.795. The monoisotopic (exact) mass is 441 g/mol. The van der Waals surface area contributed by atoms with Crippen LogP contribution in [-0.4, -0.2) is 30.3 Å². The first-order valence-electron chi connectivity index (χ1n) is 9.59. The summed E-state index contributed by atoms with van der Waals surface area (Å²) in [7, 11) is 0. The van der Waals surface area contributed by atoms with E-state index in [0.717, 1.165) is 11.9 Å². The highest BCUT2D eigenvalue weighted by Crippen LogP contribution is 2.26. The number of nitrogens with one attached hydrogen (secondary N) is 1. The van der Waals surface area contributed by atoms with Gasteiger partial charge in [-0.1, -0.05) is 42.4 Å². The Kier molecular flexibility index (Phi) is 5.78. The Morgan fingerprint density at radius 1 is 1.17 bits per heavy atom. The first-order chi connectivity index (χ1) is 14.5. The Bertz CT molecular complexity index is 1280. The number of anilines is 1. The van der Waals surface area contributed by atoms with Crippen LogP contribution in [0.3, 0.4) is 0 Å². The minimum Gasteiger partial charge on any atom is -0.325 e. The number of carbonyl (C=O) groups excluding carboxylic acids is 1. The maximum absolute atomic E-state index is 12.9. The van der Waals surface area contributed by atoms with E-state index in [2.05, 4.69) is 15.5 Å². The van der Waals surface area contributed by atoms with Gasteiger partial charge in [0, 0.05) is 17.3 Å². The number of fused-ring (bicyclic) bond motifs is 3. The molecule has 2 aromatic carbocycles. The van der Waals surface area contributed by atoms with E-state index >= 15 is 0 Å². The smallest absolute Gasteiger partial charge is 0.262 e. The predicted molar refractivity (Wildman–Crippen MR) is 120 cm³/mol. The SMILES string of the molecule is CCCn1c(=O)c2ccccc2n2c(SC(C)C(=O)Nc3ccc(Cl)cc3)nnc12. The number of thioether (sulfide) groups is 1. The lowest BCUT2D eigenvalue weighted by Crippen LogP contribution is -2.24. The molecule has 30 heavy (non-hydrogen) atoms. The molecule has 0 spiro atoms. The highest BCUT2D eigenvalue weighted by molar-refractivity contribution is 8.00. The van der Waals surface area contributed by atoms with Gasteiger partial charge in [0.15, 0.2) is 5.16 Å². The molecule has 2 heterocycles. The van der Waals surface area contributed by atoms with E-state index in [4.69, 9.17) is 11.6 Å². The van der Waals surface area contributed by atoms with Crippen LogP contribution in [0, 0.1) is 0 Å². The molecule has 0 radical (unpaired) electrons. The molecule has 1 atom stereocenters. The Balaban J connectivity index is 1.70. The second kappa shape index (κ2) is 8.49. The highest BCUT2D eigenvalue weighted by atomic mass is 35.5. The minimum absolute atomic E-state index is 0.0857. The Hall–Kier alpha value is -2.84. The molecule has 0 fully saturated rings. The second-order valence-electron chi connectivity index (χ2n) is 6.85. The van der Waals surface area contributed by atoms with Crippen molar-refractivity contribution in [3.05, 3.63) is 63.9 Å². The Morgan fingerprint density at radius 3 is 2.63 bits per heavy atom. The van der Waals surface area contributed by atoms with Crippen molar-refractivity contribution in [2.75, 3.05) is 5.32 Å². The quantitative estimate of drug-likeness (QED) is 0.453. The number of para-hydroxylation sites is 1. The fourth-order valence-electron chi connectivity index (χ4n) is 3.22. The summed E-state index contributed by atoms with van der Waals surface area (Å²) in [5.74, 6) is 0.318. The van der Waals surface area contributed by atoms with Gasteiger partial charge in [-0.25, -0.2) is 0 Å². The lowest BCUT2D eigenvalue weighted by molar-refractivity contribution is -0.115. The van der Waals surface area contributed by atoms with Crippen molar-refractivity contribution in [3.8, 4) is 0 Å². The number of aryl methyl sites for hydroxylation is 1. The summed E-state index contributed by atoms with van der Waals surface area (Å²) in [5.41, 5.74) is 1.31. The topological polar surface area (TPSA) is 81.3 Å². The number of rotatable bonds is 6. The fraction of sp³-hybridized carbons (Fsp3) is 0.238. The Labute approximate surface area is 182 Å². The number of hydrogen-bond acceptors (Lipinski definition) is 5. The van der Waals surface area contributed by atoms with Crippen LogP contribution in [0.15, 0.2) is 58.5 Å². The zero-order chi connectivity index (χ0) is 21.3. The standard InChI is InChI=1S/C21H20ClN5O2S/c1-3-12-26-19(29)16-6-4-5-7-17(16)27-20(26)24-25-21(27)30-13(2)18(28)23-15-10-8-14(22)9-11-15/h4-11,13H,3,12H2,1-2H3,(H,23,28). The van der Waals surface area contributed by atoms with E-state index < -0.39 is 5.25 Å². The van der Waals surface area contributed by atoms with Crippen LogP contribution >= 0.6 is 23.4 Å². The maximum atomic E-state index is 12.9. The molecule has 4 rings (SSSR count). The number of hydrogen-bond donors (Lipinski definition) is 1. The van der Waals surface area contributed by atoms with E-state index in [-0.39, 0.29) is 11.5 Å². The number of aromatic nitrogens is 4. The van der Waals surface area contributed by atoms with Gasteiger partial charge < -0.3 is 5.32 Å². The first-order valence-corrected chi connectivity index (χ1v) is 10.8. The molecule has 1 amide bonds. The average molecular weight is 442 g/mol. The van der Waals surface area contributed by atoms with E-state index in [1.165, 1.54) is 11.8 Å².